The summed E-state index contributed by atoms with van der Waals surface area (Å²) in [6, 6.07) is 13.9. The molecule has 0 aliphatic carbocycles. The molecule has 0 spiro atoms. The summed E-state index contributed by atoms with van der Waals surface area (Å²) in [6.45, 7) is 1.16. The van der Waals surface area contributed by atoms with Crippen LogP contribution in [0.1, 0.15) is 11.1 Å². The largest absolute Gasteiger partial charge is 0.497 e. The Morgan fingerprint density at radius 3 is 2.40 bits per heavy atom. The third kappa shape index (κ3) is 3.99. The second kappa shape index (κ2) is 7.31. The van der Waals surface area contributed by atoms with Crippen LogP contribution in [0.2, 0.25) is 0 Å². The van der Waals surface area contributed by atoms with Gasteiger partial charge in [0.2, 0.25) is 0 Å². The summed E-state index contributed by atoms with van der Waals surface area (Å²) in [5.74, 6) is 1.67. The van der Waals surface area contributed by atoms with E-state index >= 15 is 0 Å². The van der Waals surface area contributed by atoms with Crippen LogP contribution in [0.25, 0.3) is 0 Å². The lowest BCUT2D eigenvalue weighted by Crippen LogP contribution is -2.02. The van der Waals surface area contributed by atoms with E-state index in [1.54, 1.807) is 7.11 Å². The summed E-state index contributed by atoms with van der Waals surface area (Å²) < 4.78 is 12.0. The highest BCUT2D eigenvalue weighted by Crippen LogP contribution is 2.24. The lowest BCUT2D eigenvalue weighted by Gasteiger charge is -2.10. The molecule has 0 aliphatic heterocycles. The van der Waals surface area contributed by atoms with E-state index in [-0.39, 0.29) is 0 Å². The van der Waals surface area contributed by atoms with E-state index in [2.05, 4.69) is 15.9 Å². The van der Waals surface area contributed by atoms with Gasteiger partial charge in [0.05, 0.1) is 7.11 Å². The van der Waals surface area contributed by atoms with E-state index in [0.29, 0.717) is 13.2 Å². The van der Waals surface area contributed by atoms with Crippen molar-refractivity contribution in [2.24, 2.45) is 5.73 Å². The molecule has 4 heteroatoms. The van der Waals surface area contributed by atoms with Gasteiger partial charge in [-0.3, -0.25) is 0 Å². The average molecular weight is 336 g/mol. The van der Waals surface area contributed by atoms with Gasteiger partial charge in [-0.05, 0) is 48.9 Å². The Labute approximate surface area is 127 Å². The minimum Gasteiger partial charge on any atom is -0.497 e. The summed E-state index contributed by atoms with van der Waals surface area (Å²) >= 11 is 3.52. The maximum absolute atomic E-state index is 5.79. The number of benzene rings is 2. The Kier molecular flexibility index (Phi) is 5.44. The Bertz CT molecular complexity index is 555. The van der Waals surface area contributed by atoms with Crippen LogP contribution in [0.5, 0.6) is 11.5 Å². The van der Waals surface area contributed by atoms with E-state index < -0.39 is 0 Å². The first-order valence-electron chi connectivity index (χ1n) is 6.47. The molecule has 0 unspecified atom stereocenters. The standard InChI is InChI=1S/C16H18BrNO2/c1-19-15-6-7-16(17)13(10-15)11-20-14-4-2-12(3-5-14)8-9-18/h2-7,10H,8-9,11,18H2,1H3. The highest BCUT2D eigenvalue weighted by Gasteiger charge is 2.03. The van der Waals surface area contributed by atoms with E-state index in [1.165, 1.54) is 5.56 Å². The van der Waals surface area contributed by atoms with Gasteiger partial charge < -0.3 is 15.2 Å². The van der Waals surface area contributed by atoms with Gasteiger partial charge in [0.15, 0.2) is 0 Å². The van der Waals surface area contributed by atoms with Crippen molar-refractivity contribution in [2.45, 2.75) is 13.0 Å². The first kappa shape index (κ1) is 14.9. The average Bonchev–Trinajstić information content (AvgIpc) is 2.48. The maximum atomic E-state index is 5.79. The summed E-state index contributed by atoms with van der Waals surface area (Å²) in [4.78, 5) is 0. The summed E-state index contributed by atoms with van der Waals surface area (Å²) in [5, 5.41) is 0. The van der Waals surface area contributed by atoms with E-state index in [9.17, 15) is 0 Å². The molecule has 2 aromatic rings. The molecule has 3 nitrogen and oxygen atoms in total. The van der Waals surface area contributed by atoms with E-state index in [4.69, 9.17) is 15.2 Å². The summed E-state index contributed by atoms with van der Waals surface area (Å²) in [5.41, 5.74) is 7.80. The highest BCUT2D eigenvalue weighted by atomic mass is 79.9. The smallest absolute Gasteiger partial charge is 0.119 e. The van der Waals surface area contributed by atoms with Gasteiger partial charge in [-0.1, -0.05) is 28.1 Å². The quantitative estimate of drug-likeness (QED) is 0.878. The molecule has 0 heterocycles. The van der Waals surface area contributed by atoms with Gasteiger partial charge in [0, 0.05) is 10.0 Å². The first-order chi connectivity index (χ1) is 9.72. The number of hydrogen-bond donors (Lipinski definition) is 1. The predicted octanol–water partition coefficient (Wildman–Crippen LogP) is 3.54. The molecule has 0 aromatic heterocycles. The SMILES string of the molecule is COc1ccc(Br)c(COc2ccc(CCN)cc2)c1. The Balaban J connectivity index is 2.01. The number of halogens is 1. The van der Waals surface area contributed by atoms with Gasteiger partial charge in [0.25, 0.3) is 0 Å². The van der Waals surface area contributed by atoms with Crippen LogP contribution in [-0.4, -0.2) is 13.7 Å². The Morgan fingerprint density at radius 2 is 1.75 bits per heavy atom. The predicted molar refractivity (Wildman–Crippen MR) is 84.2 cm³/mol. The van der Waals surface area contributed by atoms with Crippen molar-refractivity contribution in [2.75, 3.05) is 13.7 Å². The van der Waals surface area contributed by atoms with Gasteiger partial charge in [0.1, 0.15) is 18.1 Å². The van der Waals surface area contributed by atoms with Crippen LogP contribution >= 0.6 is 15.9 Å². The second-order valence-electron chi connectivity index (χ2n) is 4.43. The highest BCUT2D eigenvalue weighted by molar-refractivity contribution is 9.10. The van der Waals surface area contributed by atoms with Gasteiger partial charge in [-0.25, -0.2) is 0 Å². The minimum atomic E-state index is 0.494. The molecule has 0 radical (unpaired) electrons. The lowest BCUT2D eigenvalue weighted by molar-refractivity contribution is 0.304. The zero-order valence-electron chi connectivity index (χ0n) is 11.4. The van der Waals surface area contributed by atoms with Crippen molar-refractivity contribution in [3.05, 3.63) is 58.1 Å². The van der Waals surface area contributed by atoms with Crippen molar-refractivity contribution >= 4 is 15.9 Å². The molecular formula is C16H18BrNO2. The van der Waals surface area contributed by atoms with Crippen molar-refractivity contribution in [3.8, 4) is 11.5 Å². The zero-order valence-corrected chi connectivity index (χ0v) is 13.0. The van der Waals surface area contributed by atoms with Crippen molar-refractivity contribution in [3.63, 3.8) is 0 Å². The van der Waals surface area contributed by atoms with Crippen LogP contribution in [0.3, 0.4) is 0 Å². The van der Waals surface area contributed by atoms with E-state index in [0.717, 1.165) is 28.0 Å². The molecule has 20 heavy (non-hydrogen) atoms. The van der Waals surface area contributed by atoms with Crippen LogP contribution < -0.4 is 15.2 Å². The molecule has 2 aromatic carbocycles. The normalized spacial score (nSPS) is 10.3. The lowest BCUT2D eigenvalue weighted by atomic mass is 10.1. The van der Waals surface area contributed by atoms with Crippen LogP contribution in [0.15, 0.2) is 46.9 Å². The summed E-state index contributed by atoms with van der Waals surface area (Å²) in [6.07, 6.45) is 0.891. The minimum absolute atomic E-state index is 0.494. The zero-order chi connectivity index (χ0) is 14.4. The molecule has 2 N–H and O–H groups in total. The van der Waals surface area contributed by atoms with Crippen LogP contribution in [0, 0.1) is 0 Å². The fraction of sp³-hybridized carbons (Fsp3) is 0.250. The van der Waals surface area contributed by atoms with Crippen molar-refractivity contribution in [1.82, 2.24) is 0 Å². The topological polar surface area (TPSA) is 44.5 Å². The third-order valence-electron chi connectivity index (χ3n) is 3.00. The molecule has 0 bridgehead atoms. The number of rotatable bonds is 6. The fourth-order valence-electron chi connectivity index (χ4n) is 1.87. The number of hydrogen-bond acceptors (Lipinski definition) is 3. The van der Waals surface area contributed by atoms with E-state index in [1.807, 2.05) is 42.5 Å². The third-order valence-corrected chi connectivity index (χ3v) is 3.78. The Morgan fingerprint density at radius 1 is 1.05 bits per heavy atom. The van der Waals surface area contributed by atoms with Gasteiger partial charge in [-0.15, -0.1) is 0 Å². The van der Waals surface area contributed by atoms with Crippen LogP contribution in [-0.2, 0) is 13.0 Å². The van der Waals surface area contributed by atoms with Crippen molar-refractivity contribution < 1.29 is 9.47 Å². The molecule has 2 rings (SSSR count). The molecular weight excluding hydrogens is 318 g/mol. The molecule has 106 valence electrons. The fourth-order valence-corrected chi connectivity index (χ4v) is 2.23. The van der Waals surface area contributed by atoms with Crippen molar-refractivity contribution in [1.29, 1.82) is 0 Å². The van der Waals surface area contributed by atoms with Gasteiger partial charge in [-0.2, -0.15) is 0 Å². The molecule has 0 aliphatic rings. The number of methoxy groups -OCH3 is 1. The van der Waals surface area contributed by atoms with Crippen LogP contribution in [0.4, 0.5) is 0 Å². The van der Waals surface area contributed by atoms with Gasteiger partial charge >= 0.3 is 0 Å². The summed E-state index contributed by atoms with van der Waals surface area (Å²) in [7, 11) is 1.66. The molecule has 0 amide bonds. The maximum Gasteiger partial charge on any atom is 0.119 e. The monoisotopic (exact) mass is 335 g/mol. The Hall–Kier alpha value is -1.52. The molecule has 0 atom stereocenters. The molecule has 0 saturated carbocycles. The number of ether oxygens (including phenoxy) is 2. The second-order valence-corrected chi connectivity index (χ2v) is 5.28. The number of nitrogens with two attached hydrogens (primary N) is 1. The first-order valence-corrected chi connectivity index (χ1v) is 7.26. The molecule has 0 saturated heterocycles. The molecule has 0 fully saturated rings.